The molecule has 7 heteroatoms. The van der Waals surface area contributed by atoms with Crippen molar-refractivity contribution in [2.24, 2.45) is 0 Å². The predicted octanol–water partition coefficient (Wildman–Crippen LogP) is 2.95. The minimum atomic E-state index is -1.31. The Morgan fingerprint density at radius 3 is 2.86 bits per heavy atom. The molecule has 144 valence electrons. The number of hydrogen-bond acceptors (Lipinski definition) is 5. The number of benzene rings is 1. The number of carbonyl (C=O) groups excluding carboxylic acids is 1. The summed E-state index contributed by atoms with van der Waals surface area (Å²) < 4.78 is 5.67. The second kappa shape index (κ2) is 6.63. The molecule has 29 heavy (non-hydrogen) atoms. The molecular weight excluding hydrogens is 370 g/mol. The fourth-order valence-electron chi connectivity index (χ4n) is 3.65. The number of aromatic amines is 1. The molecule has 0 radical (unpaired) electrons. The Morgan fingerprint density at radius 2 is 2.07 bits per heavy atom. The SMILES string of the molecule is O=C(O)C1=C(N[C@@H]2C[C@H]2c2ccccc2)OC(=Cc2c[nH]c3ncccc23)C1=O. The van der Waals surface area contributed by atoms with E-state index >= 15 is 0 Å². The van der Waals surface area contributed by atoms with E-state index in [1.165, 1.54) is 5.56 Å². The van der Waals surface area contributed by atoms with Crippen molar-refractivity contribution >= 4 is 28.9 Å². The number of Topliss-reactive ketones (excluding diaryl/α,β-unsaturated/α-hetero) is 1. The molecule has 1 aliphatic heterocycles. The Labute approximate surface area is 165 Å². The van der Waals surface area contributed by atoms with Crippen molar-refractivity contribution in [3.63, 3.8) is 0 Å². The Kier molecular flexibility index (Phi) is 3.94. The van der Waals surface area contributed by atoms with Gasteiger partial charge in [-0.2, -0.15) is 0 Å². The molecule has 1 saturated carbocycles. The summed E-state index contributed by atoms with van der Waals surface area (Å²) >= 11 is 0. The molecule has 2 aliphatic rings. The summed E-state index contributed by atoms with van der Waals surface area (Å²) in [6.45, 7) is 0. The first-order chi connectivity index (χ1) is 14.1. The van der Waals surface area contributed by atoms with Crippen LogP contribution in [0.4, 0.5) is 0 Å². The number of nitrogens with zero attached hydrogens (tertiary/aromatic N) is 1. The molecule has 5 rings (SSSR count). The molecular formula is C22H17N3O4. The number of carboxylic acid groups (broad SMARTS) is 1. The topological polar surface area (TPSA) is 104 Å². The lowest BCUT2D eigenvalue weighted by atomic mass is 10.1. The Hall–Kier alpha value is -3.87. The number of ether oxygens (including phenoxy) is 1. The van der Waals surface area contributed by atoms with E-state index in [1.54, 1.807) is 24.5 Å². The van der Waals surface area contributed by atoms with Gasteiger partial charge >= 0.3 is 5.97 Å². The summed E-state index contributed by atoms with van der Waals surface area (Å²) in [5, 5.41) is 13.5. The van der Waals surface area contributed by atoms with Crippen molar-refractivity contribution in [1.29, 1.82) is 0 Å². The van der Waals surface area contributed by atoms with E-state index in [0.717, 1.165) is 11.8 Å². The number of carbonyl (C=O) groups is 2. The summed E-state index contributed by atoms with van der Waals surface area (Å²) in [5.74, 6) is -1.69. The molecule has 3 heterocycles. The van der Waals surface area contributed by atoms with Gasteiger partial charge in [-0.05, 0) is 30.2 Å². The zero-order valence-corrected chi connectivity index (χ0v) is 15.3. The number of ketones is 1. The average molecular weight is 387 g/mol. The number of hydrogen-bond donors (Lipinski definition) is 3. The number of allylic oxidation sites excluding steroid dienone is 1. The summed E-state index contributed by atoms with van der Waals surface area (Å²) in [6, 6.07) is 13.7. The van der Waals surface area contributed by atoms with Crippen LogP contribution in [0.2, 0.25) is 0 Å². The maximum absolute atomic E-state index is 12.7. The third-order valence-corrected chi connectivity index (χ3v) is 5.21. The summed E-state index contributed by atoms with van der Waals surface area (Å²) in [7, 11) is 0. The molecule has 7 nitrogen and oxygen atoms in total. The van der Waals surface area contributed by atoms with Crippen LogP contribution < -0.4 is 5.32 Å². The van der Waals surface area contributed by atoms with Gasteiger partial charge in [0.05, 0.1) is 0 Å². The molecule has 0 amide bonds. The van der Waals surface area contributed by atoms with Gasteiger partial charge in [-0.1, -0.05) is 30.3 Å². The fraction of sp³-hybridized carbons (Fsp3) is 0.136. The second-order valence-corrected chi connectivity index (χ2v) is 7.10. The lowest BCUT2D eigenvalue weighted by molar-refractivity contribution is -0.134. The van der Waals surface area contributed by atoms with Crippen LogP contribution in [-0.2, 0) is 14.3 Å². The van der Waals surface area contributed by atoms with Crippen LogP contribution in [-0.4, -0.2) is 32.9 Å². The van der Waals surface area contributed by atoms with E-state index in [0.29, 0.717) is 11.2 Å². The highest BCUT2D eigenvalue weighted by molar-refractivity contribution is 6.26. The summed E-state index contributed by atoms with van der Waals surface area (Å²) in [6.07, 6.45) is 5.77. The maximum atomic E-state index is 12.7. The lowest BCUT2D eigenvalue weighted by Crippen LogP contribution is -2.21. The third kappa shape index (κ3) is 3.06. The first-order valence-corrected chi connectivity index (χ1v) is 9.27. The summed E-state index contributed by atoms with van der Waals surface area (Å²) in [4.78, 5) is 31.6. The van der Waals surface area contributed by atoms with Gasteiger partial charge < -0.3 is 20.1 Å². The fourth-order valence-corrected chi connectivity index (χ4v) is 3.65. The van der Waals surface area contributed by atoms with E-state index < -0.39 is 11.8 Å². The Bertz CT molecular complexity index is 1190. The molecule has 0 bridgehead atoms. The number of fused-ring (bicyclic) bond motifs is 1. The van der Waals surface area contributed by atoms with E-state index in [2.05, 4.69) is 15.3 Å². The van der Waals surface area contributed by atoms with Crippen molar-refractivity contribution in [3.8, 4) is 0 Å². The molecule has 1 fully saturated rings. The lowest BCUT2D eigenvalue weighted by Gasteiger charge is -2.08. The molecule has 0 unspecified atom stereocenters. The van der Waals surface area contributed by atoms with Crippen LogP contribution >= 0.6 is 0 Å². The van der Waals surface area contributed by atoms with Gasteiger partial charge in [0.25, 0.3) is 0 Å². The zero-order valence-electron chi connectivity index (χ0n) is 15.3. The monoisotopic (exact) mass is 387 g/mol. The van der Waals surface area contributed by atoms with Crippen LogP contribution in [0.15, 0.2) is 72.1 Å². The van der Waals surface area contributed by atoms with E-state index in [1.807, 2.05) is 36.4 Å². The number of pyridine rings is 1. The number of rotatable bonds is 5. The van der Waals surface area contributed by atoms with Crippen LogP contribution in [0.5, 0.6) is 0 Å². The van der Waals surface area contributed by atoms with E-state index in [4.69, 9.17) is 4.74 Å². The molecule has 3 aromatic rings. The van der Waals surface area contributed by atoms with Crippen molar-refractivity contribution in [1.82, 2.24) is 15.3 Å². The van der Waals surface area contributed by atoms with Gasteiger partial charge in [0.15, 0.2) is 11.3 Å². The highest BCUT2D eigenvalue weighted by Crippen LogP contribution is 2.42. The normalized spacial score (nSPS) is 22.2. The van der Waals surface area contributed by atoms with Crippen molar-refractivity contribution in [3.05, 3.63) is 83.2 Å². The first kappa shape index (κ1) is 17.2. The average Bonchev–Trinajstić information content (AvgIpc) is 3.27. The van der Waals surface area contributed by atoms with Gasteiger partial charge in [0.2, 0.25) is 11.7 Å². The van der Waals surface area contributed by atoms with Crippen molar-refractivity contribution in [2.45, 2.75) is 18.4 Å². The molecule has 1 aromatic carbocycles. The highest BCUT2D eigenvalue weighted by atomic mass is 16.5. The standard InChI is InChI=1S/C22H17N3O4/c26-19-17(9-13-11-24-20-14(13)7-4-8-23-20)29-21(18(19)22(27)28)25-16-10-15(16)12-5-2-1-3-6-12/h1-9,11,15-16,25H,10H2,(H,23,24)(H,27,28)/t15-,16+/m0/s1. The van der Waals surface area contributed by atoms with Gasteiger partial charge in [0.1, 0.15) is 5.65 Å². The minimum absolute atomic E-state index is 0.00940. The molecule has 0 spiro atoms. The second-order valence-electron chi connectivity index (χ2n) is 7.10. The van der Waals surface area contributed by atoms with Crippen LogP contribution in [0.1, 0.15) is 23.5 Å². The van der Waals surface area contributed by atoms with Gasteiger partial charge in [-0.15, -0.1) is 0 Å². The molecule has 1 aliphatic carbocycles. The number of carboxylic acids is 1. The van der Waals surface area contributed by atoms with Gasteiger partial charge in [-0.25, -0.2) is 9.78 Å². The number of nitrogens with one attached hydrogen (secondary N) is 2. The summed E-state index contributed by atoms with van der Waals surface area (Å²) in [5.41, 5.74) is 2.19. The van der Waals surface area contributed by atoms with Gasteiger partial charge in [-0.3, -0.25) is 4.79 Å². The zero-order chi connectivity index (χ0) is 20.0. The number of H-pyrrole nitrogens is 1. The molecule has 2 aromatic heterocycles. The first-order valence-electron chi connectivity index (χ1n) is 9.27. The number of aromatic nitrogens is 2. The van der Waals surface area contributed by atoms with Gasteiger partial charge in [0, 0.05) is 35.3 Å². The van der Waals surface area contributed by atoms with E-state index in [9.17, 15) is 14.7 Å². The Morgan fingerprint density at radius 1 is 1.24 bits per heavy atom. The van der Waals surface area contributed by atoms with Crippen LogP contribution in [0, 0.1) is 0 Å². The molecule has 2 atom stereocenters. The maximum Gasteiger partial charge on any atom is 0.345 e. The molecule has 0 saturated heterocycles. The van der Waals surface area contributed by atoms with E-state index in [-0.39, 0.29) is 29.2 Å². The number of aliphatic carboxylic acids is 1. The molecule has 3 N–H and O–H groups in total. The Balaban J connectivity index is 1.40. The highest BCUT2D eigenvalue weighted by Gasteiger charge is 2.43. The third-order valence-electron chi connectivity index (χ3n) is 5.21. The smallest absolute Gasteiger partial charge is 0.345 e. The van der Waals surface area contributed by atoms with Crippen molar-refractivity contribution in [2.75, 3.05) is 0 Å². The predicted molar refractivity (Wildman–Crippen MR) is 106 cm³/mol. The van der Waals surface area contributed by atoms with Crippen molar-refractivity contribution < 1.29 is 19.4 Å². The quantitative estimate of drug-likeness (QED) is 0.459. The van der Waals surface area contributed by atoms with Crippen LogP contribution in [0.3, 0.4) is 0 Å². The largest absolute Gasteiger partial charge is 0.477 e. The van der Waals surface area contributed by atoms with Crippen LogP contribution in [0.25, 0.3) is 17.1 Å². The minimum Gasteiger partial charge on any atom is -0.477 e.